The van der Waals surface area contributed by atoms with Crippen LogP contribution in [0.5, 0.6) is 0 Å². The summed E-state index contributed by atoms with van der Waals surface area (Å²) in [4.78, 5) is 25.0. The molecule has 2 aliphatic rings. The molecule has 2 aromatic rings. The third-order valence-corrected chi connectivity index (χ3v) is 5.13. The van der Waals surface area contributed by atoms with E-state index in [1.165, 1.54) is 11.3 Å². The predicted octanol–water partition coefficient (Wildman–Crippen LogP) is 2.78. The van der Waals surface area contributed by atoms with Crippen molar-refractivity contribution in [3.63, 3.8) is 0 Å². The van der Waals surface area contributed by atoms with Crippen LogP contribution in [0.2, 0.25) is 0 Å². The third-order valence-electron chi connectivity index (χ3n) is 5.13. The van der Waals surface area contributed by atoms with E-state index < -0.39 is 5.97 Å². The number of aryl methyl sites for hydroxylation is 1. The molecule has 1 fully saturated rings. The number of carboxylic acid groups (broad SMARTS) is 1. The number of para-hydroxylation sites is 1. The molecule has 1 N–H and O–H groups in total. The first-order valence-electron chi connectivity index (χ1n) is 8.81. The fourth-order valence-electron chi connectivity index (χ4n) is 3.72. The first-order chi connectivity index (χ1) is 12.1. The minimum Gasteiger partial charge on any atom is -0.481 e. The van der Waals surface area contributed by atoms with Crippen LogP contribution in [0.4, 0.5) is 17.5 Å². The Hall–Kier alpha value is -2.63. The number of rotatable bonds is 3. The van der Waals surface area contributed by atoms with Gasteiger partial charge in [0.2, 0.25) is 5.95 Å². The lowest BCUT2D eigenvalue weighted by molar-refractivity contribution is -0.142. The van der Waals surface area contributed by atoms with Gasteiger partial charge in [-0.2, -0.15) is 4.98 Å². The zero-order valence-corrected chi connectivity index (χ0v) is 14.4. The molecule has 0 bridgehead atoms. The van der Waals surface area contributed by atoms with Gasteiger partial charge in [-0.25, -0.2) is 4.98 Å². The Kier molecular flexibility index (Phi) is 4.03. The van der Waals surface area contributed by atoms with Gasteiger partial charge < -0.3 is 14.9 Å². The minimum atomic E-state index is -0.687. The van der Waals surface area contributed by atoms with Gasteiger partial charge in [0.15, 0.2) is 0 Å². The molecule has 0 atom stereocenters. The molecule has 0 amide bonds. The molecule has 0 unspecified atom stereocenters. The number of piperidine rings is 1. The molecule has 1 aromatic carbocycles. The van der Waals surface area contributed by atoms with E-state index in [1.807, 2.05) is 19.1 Å². The van der Waals surface area contributed by atoms with Crippen LogP contribution in [-0.2, 0) is 11.2 Å². The number of carboxylic acids is 1. The van der Waals surface area contributed by atoms with Crippen molar-refractivity contribution in [3.8, 4) is 0 Å². The molecule has 0 aliphatic carbocycles. The summed E-state index contributed by atoms with van der Waals surface area (Å²) in [6, 6.07) is 10.4. The number of aromatic nitrogens is 2. The molecule has 4 rings (SSSR count). The van der Waals surface area contributed by atoms with Crippen molar-refractivity contribution >= 4 is 23.4 Å². The maximum absolute atomic E-state index is 11.1. The molecule has 6 heteroatoms. The number of hydrogen-bond donors (Lipinski definition) is 1. The van der Waals surface area contributed by atoms with Crippen LogP contribution in [0.1, 0.15) is 24.1 Å². The Morgan fingerprint density at radius 2 is 1.92 bits per heavy atom. The summed E-state index contributed by atoms with van der Waals surface area (Å²) in [6.45, 7) is 4.33. The SMILES string of the molecule is Cc1cc(N2CCC(C(=O)O)CC2)nc(N2CCc3ccccc32)n1. The van der Waals surface area contributed by atoms with Crippen LogP contribution in [0.15, 0.2) is 30.3 Å². The van der Waals surface area contributed by atoms with E-state index in [0.29, 0.717) is 12.8 Å². The van der Waals surface area contributed by atoms with E-state index in [1.54, 1.807) is 0 Å². The number of nitrogens with zero attached hydrogens (tertiary/aromatic N) is 4. The van der Waals surface area contributed by atoms with Crippen molar-refractivity contribution in [2.75, 3.05) is 29.4 Å². The van der Waals surface area contributed by atoms with E-state index in [-0.39, 0.29) is 5.92 Å². The number of fused-ring (bicyclic) bond motifs is 1. The van der Waals surface area contributed by atoms with E-state index in [9.17, 15) is 4.79 Å². The highest BCUT2D eigenvalue weighted by molar-refractivity contribution is 5.70. The van der Waals surface area contributed by atoms with Crippen LogP contribution in [-0.4, -0.2) is 40.7 Å². The van der Waals surface area contributed by atoms with Crippen molar-refractivity contribution in [1.82, 2.24) is 9.97 Å². The molecule has 0 spiro atoms. The van der Waals surface area contributed by atoms with Gasteiger partial charge in [0.05, 0.1) is 5.92 Å². The number of carbonyl (C=O) groups is 1. The number of aliphatic carboxylic acids is 1. The topological polar surface area (TPSA) is 69.6 Å². The summed E-state index contributed by atoms with van der Waals surface area (Å²) in [7, 11) is 0. The zero-order chi connectivity index (χ0) is 17.4. The molecular formula is C19H22N4O2. The summed E-state index contributed by atoms with van der Waals surface area (Å²) in [6.07, 6.45) is 2.34. The Morgan fingerprint density at radius 1 is 1.16 bits per heavy atom. The van der Waals surface area contributed by atoms with Gasteiger partial charge in [-0.1, -0.05) is 18.2 Å². The second kappa shape index (κ2) is 6.35. The first-order valence-corrected chi connectivity index (χ1v) is 8.81. The summed E-state index contributed by atoms with van der Waals surface area (Å²) in [5, 5.41) is 9.17. The fraction of sp³-hybridized carbons (Fsp3) is 0.421. The Balaban J connectivity index is 1.59. The molecule has 1 aromatic heterocycles. The van der Waals surface area contributed by atoms with Gasteiger partial charge >= 0.3 is 5.97 Å². The largest absolute Gasteiger partial charge is 0.481 e. The monoisotopic (exact) mass is 338 g/mol. The van der Waals surface area contributed by atoms with E-state index in [2.05, 4.69) is 33.0 Å². The quantitative estimate of drug-likeness (QED) is 0.928. The van der Waals surface area contributed by atoms with E-state index >= 15 is 0 Å². The molecule has 25 heavy (non-hydrogen) atoms. The second-order valence-electron chi connectivity index (χ2n) is 6.80. The molecular weight excluding hydrogens is 316 g/mol. The lowest BCUT2D eigenvalue weighted by Gasteiger charge is -2.31. The van der Waals surface area contributed by atoms with Crippen LogP contribution in [0.25, 0.3) is 0 Å². The Labute approximate surface area is 147 Å². The van der Waals surface area contributed by atoms with Crippen molar-refractivity contribution in [1.29, 1.82) is 0 Å². The van der Waals surface area contributed by atoms with Gasteiger partial charge in [0.1, 0.15) is 5.82 Å². The third kappa shape index (κ3) is 3.04. The molecule has 1 saturated heterocycles. The van der Waals surface area contributed by atoms with Gasteiger partial charge in [-0.15, -0.1) is 0 Å². The maximum atomic E-state index is 11.1. The standard InChI is InChI=1S/C19H22N4O2/c1-13-12-17(22-9-6-15(7-10-22)18(24)25)21-19(20-13)23-11-8-14-4-2-3-5-16(14)23/h2-5,12,15H,6-11H2,1H3,(H,24,25). The average Bonchev–Trinajstić information content (AvgIpc) is 3.05. The first kappa shape index (κ1) is 15.9. The van der Waals surface area contributed by atoms with Gasteiger partial charge in [-0.3, -0.25) is 4.79 Å². The lowest BCUT2D eigenvalue weighted by atomic mass is 9.97. The van der Waals surface area contributed by atoms with Gasteiger partial charge in [0, 0.05) is 37.1 Å². The van der Waals surface area contributed by atoms with Gasteiger partial charge in [-0.05, 0) is 37.8 Å². The fourth-order valence-corrected chi connectivity index (χ4v) is 3.72. The predicted molar refractivity (Wildman–Crippen MR) is 96.5 cm³/mol. The van der Waals surface area contributed by atoms with Crippen molar-refractivity contribution in [3.05, 3.63) is 41.6 Å². The molecule has 0 radical (unpaired) electrons. The summed E-state index contributed by atoms with van der Waals surface area (Å²) in [5.41, 5.74) is 3.45. The Morgan fingerprint density at radius 3 is 2.68 bits per heavy atom. The highest BCUT2D eigenvalue weighted by atomic mass is 16.4. The minimum absolute atomic E-state index is 0.232. The van der Waals surface area contributed by atoms with E-state index in [0.717, 1.165) is 43.5 Å². The lowest BCUT2D eigenvalue weighted by Crippen LogP contribution is -2.37. The van der Waals surface area contributed by atoms with Crippen molar-refractivity contribution < 1.29 is 9.90 Å². The second-order valence-corrected chi connectivity index (χ2v) is 6.80. The van der Waals surface area contributed by atoms with E-state index in [4.69, 9.17) is 10.1 Å². The highest BCUT2D eigenvalue weighted by Crippen LogP contribution is 2.33. The molecule has 6 nitrogen and oxygen atoms in total. The smallest absolute Gasteiger partial charge is 0.306 e. The normalized spacial score (nSPS) is 17.6. The van der Waals surface area contributed by atoms with Gasteiger partial charge in [0.25, 0.3) is 0 Å². The maximum Gasteiger partial charge on any atom is 0.306 e. The molecule has 0 saturated carbocycles. The number of anilines is 3. The zero-order valence-electron chi connectivity index (χ0n) is 14.4. The van der Waals surface area contributed by atoms with Crippen molar-refractivity contribution in [2.45, 2.75) is 26.2 Å². The van der Waals surface area contributed by atoms with Crippen LogP contribution >= 0.6 is 0 Å². The van der Waals surface area contributed by atoms with Crippen molar-refractivity contribution in [2.24, 2.45) is 5.92 Å². The van der Waals surface area contributed by atoms with Crippen LogP contribution in [0, 0.1) is 12.8 Å². The molecule has 130 valence electrons. The van der Waals surface area contributed by atoms with Crippen LogP contribution in [0.3, 0.4) is 0 Å². The highest BCUT2D eigenvalue weighted by Gasteiger charge is 2.27. The molecule has 2 aliphatic heterocycles. The average molecular weight is 338 g/mol. The summed E-state index contributed by atoms with van der Waals surface area (Å²) < 4.78 is 0. The molecule has 3 heterocycles. The number of hydrogen-bond acceptors (Lipinski definition) is 5. The number of benzene rings is 1. The summed E-state index contributed by atoms with van der Waals surface area (Å²) >= 11 is 0. The summed E-state index contributed by atoms with van der Waals surface area (Å²) in [5.74, 6) is 0.716. The Bertz CT molecular complexity index is 800. The van der Waals surface area contributed by atoms with Crippen LogP contribution < -0.4 is 9.80 Å².